The van der Waals surface area contributed by atoms with Crippen molar-refractivity contribution in [3.05, 3.63) is 83.7 Å². The van der Waals surface area contributed by atoms with Gasteiger partial charge in [-0.3, -0.25) is 9.69 Å². The highest BCUT2D eigenvalue weighted by Gasteiger charge is 2.45. The van der Waals surface area contributed by atoms with Gasteiger partial charge in [0.15, 0.2) is 9.90 Å². The number of nitrogens with zero attached hydrogens (tertiary/aromatic N) is 3. The Morgan fingerprint density at radius 1 is 0.976 bits per heavy atom. The van der Waals surface area contributed by atoms with E-state index in [9.17, 15) is 23.1 Å². The Labute approximate surface area is 247 Å². The predicted molar refractivity (Wildman–Crippen MR) is 161 cm³/mol. The number of aliphatic carboxylic acids is 1. The summed E-state index contributed by atoms with van der Waals surface area (Å²) in [7, 11) is -4.35. The fourth-order valence-electron chi connectivity index (χ4n) is 4.47. The first kappa shape index (κ1) is 32.7. The second-order valence-electron chi connectivity index (χ2n) is 11.2. The van der Waals surface area contributed by atoms with Crippen molar-refractivity contribution >= 4 is 27.7 Å². The number of anilines is 1. The van der Waals surface area contributed by atoms with Gasteiger partial charge in [-0.05, 0) is 69.0 Å². The maximum absolute atomic E-state index is 14.1. The van der Waals surface area contributed by atoms with Crippen LogP contribution in [0.3, 0.4) is 0 Å². The van der Waals surface area contributed by atoms with Gasteiger partial charge in [-0.25, -0.2) is 23.2 Å². The third-order valence-corrected chi connectivity index (χ3v) is 8.63. The summed E-state index contributed by atoms with van der Waals surface area (Å²) in [6.45, 7) is 6.35. The number of aromatic nitrogens is 2. The number of nitrogens with two attached hydrogens (primary N) is 1. The van der Waals surface area contributed by atoms with Crippen LogP contribution in [-0.2, 0) is 37.1 Å². The van der Waals surface area contributed by atoms with E-state index in [0.717, 1.165) is 42.6 Å². The average Bonchev–Trinajstić information content (AvgIpc) is 2.93. The number of unbranched alkanes of at least 4 members (excludes halogenated alkanes) is 3. The first-order valence-electron chi connectivity index (χ1n) is 14.0. The SMILES string of the molecule is CCCCCCc1cccc(CC(N)(c2cccc(N(CC(=O)O)C(=O)OC(C)(C)C)n2)S(=O)(=O)c2ccccn2)c1. The van der Waals surface area contributed by atoms with E-state index in [4.69, 9.17) is 10.5 Å². The Bertz CT molecular complexity index is 1470. The lowest BCUT2D eigenvalue weighted by atomic mass is 9.98. The molecule has 11 heteroatoms. The Morgan fingerprint density at radius 3 is 2.33 bits per heavy atom. The smallest absolute Gasteiger partial charge is 0.416 e. The van der Waals surface area contributed by atoms with Gasteiger partial charge >= 0.3 is 12.1 Å². The molecule has 1 unspecified atom stereocenters. The van der Waals surface area contributed by atoms with Gasteiger partial charge in [-0.2, -0.15) is 0 Å². The minimum absolute atomic E-state index is 0.0713. The summed E-state index contributed by atoms with van der Waals surface area (Å²) >= 11 is 0. The van der Waals surface area contributed by atoms with E-state index in [1.54, 1.807) is 32.9 Å². The standard InChI is InChI=1S/C31H40N4O6S/c1-5-6-7-8-13-23-14-11-15-24(20-23)21-31(32,42(39,40)27-18-9-10-19-33-27)25-16-12-17-26(34-25)35(22-28(36)37)29(38)41-30(2,3)4/h9-12,14-20H,5-8,13,21-22,32H2,1-4H3,(H,36,37). The van der Waals surface area contributed by atoms with E-state index < -0.39 is 38.9 Å². The summed E-state index contributed by atoms with van der Waals surface area (Å²) in [4.78, 5) is 31.9. The van der Waals surface area contributed by atoms with Crippen LogP contribution in [0.5, 0.6) is 0 Å². The average molecular weight is 597 g/mol. The van der Waals surface area contributed by atoms with Crippen LogP contribution in [0.15, 0.2) is 71.9 Å². The summed E-state index contributed by atoms with van der Waals surface area (Å²) in [6, 6.07) is 16.5. The van der Waals surface area contributed by atoms with Crippen molar-refractivity contribution in [3.8, 4) is 0 Å². The summed E-state index contributed by atoms with van der Waals surface area (Å²) < 4.78 is 33.7. The second-order valence-corrected chi connectivity index (χ2v) is 13.4. The minimum Gasteiger partial charge on any atom is -0.480 e. The van der Waals surface area contributed by atoms with E-state index in [2.05, 4.69) is 16.9 Å². The largest absolute Gasteiger partial charge is 0.480 e. The zero-order valence-electron chi connectivity index (χ0n) is 24.6. The summed E-state index contributed by atoms with van der Waals surface area (Å²) in [5.74, 6) is -1.41. The first-order chi connectivity index (χ1) is 19.8. The van der Waals surface area contributed by atoms with Gasteiger partial charge in [-0.15, -0.1) is 0 Å². The first-order valence-corrected chi connectivity index (χ1v) is 15.5. The van der Waals surface area contributed by atoms with Gasteiger partial charge < -0.3 is 15.6 Å². The minimum atomic E-state index is -4.35. The fraction of sp³-hybridized carbons (Fsp3) is 0.419. The number of amides is 1. The van der Waals surface area contributed by atoms with Crippen molar-refractivity contribution in [3.63, 3.8) is 0 Å². The number of benzene rings is 1. The Hall–Kier alpha value is -3.83. The molecule has 10 nitrogen and oxygen atoms in total. The van der Waals surface area contributed by atoms with Crippen molar-refractivity contribution in [1.82, 2.24) is 9.97 Å². The number of carbonyl (C=O) groups is 2. The van der Waals surface area contributed by atoms with Crippen LogP contribution in [0.25, 0.3) is 0 Å². The molecule has 0 fully saturated rings. The maximum atomic E-state index is 14.1. The van der Waals surface area contributed by atoms with Gasteiger partial charge in [-0.1, -0.05) is 62.6 Å². The van der Waals surface area contributed by atoms with E-state index in [1.165, 1.54) is 30.5 Å². The van der Waals surface area contributed by atoms with Gasteiger partial charge in [0.2, 0.25) is 9.84 Å². The van der Waals surface area contributed by atoms with Gasteiger partial charge in [0.1, 0.15) is 18.0 Å². The highest BCUT2D eigenvalue weighted by atomic mass is 32.2. The van der Waals surface area contributed by atoms with Crippen molar-refractivity contribution in [2.24, 2.45) is 5.73 Å². The molecule has 2 heterocycles. The topological polar surface area (TPSA) is 153 Å². The second kappa shape index (κ2) is 13.9. The monoisotopic (exact) mass is 596 g/mol. The number of hydrogen-bond donors (Lipinski definition) is 2. The zero-order chi connectivity index (χ0) is 31.0. The fourth-order valence-corrected chi connectivity index (χ4v) is 6.05. The van der Waals surface area contributed by atoms with Gasteiger partial charge in [0.25, 0.3) is 0 Å². The van der Waals surface area contributed by atoms with E-state index in [1.807, 2.05) is 24.3 Å². The zero-order valence-corrected chi connectivity index (χ0v) is 25.4. The Balaban J connectivity index is 2.11. The van der Waals surface area contributed by atoms with Crippen molar-refractivity contribution in [1.29, 1.82) is 0 Å². The molecule has 3 rings (SSSR count). The number of hydrogen-bond acceptors (Lipinski definition) is 8. The van der Waals surface area contributed by atoms with Crippen LogP contribution in [0.4, 0.5) is 10.6 Å². The molecule has 0 radical (unpaired) electrons. The molecule has 42 heavy (non-hydrogen) atoms. The molecule has 1 amide bonds. The number of carboxylic acids is 1. The molecule has 3 N–H and O–H groups in total. The molecule has 0 spiro atoms. The van der Waals surface area contributed by atoms with Crippen LogP contribution >= 0.6 is 0 Å². The lowest BCUT2D eigenvalue weighted by molar-refractivity contribution is -0.135. The number of pyridine rings is 2. The van der Waals surface area contributed by atoms with E-state index in [-0.39, 0.29) is 23.0 Å². The molecule has 0 aliphatic heterocycles. The highest BCUT2D eigenvalue weighted by Crippen LogP contribution is 2.34. The molecular formula is C31H40N4O6S. The number of ether oxygens (including phenoxy) is 1. The third kappa shape index (κ3) is 8.36. The van der Waals surface area contributed by atoms with Gasteiger partial charge in [0, 0.05) is 12.6 Å². The van der Waals surface area contributed by atoms with Crippen molar-refractivity contribution < 1.29 is 27.9 Å². The number of carboxylic acid groups (broad SMARTS) is 1. The van der Waals surface area contributed by atoms with Crippen LogP contribution in [-0.4, -0.2) is 47.7 Å². The number of sulfone groups is 1. The predicted octanol–water partition coefficient (Wildman–Crippen LogP) is 5.25. The van der Waals surface area contributed by atoms with Crippen molar-refractivity contribution in [2.45, 2.75) is 81.7 Å². The molecule has 226 valence electrons. The normalized spacial score (nSPS) is 13.3. The number of rotatable bonds is 13. The summed E-state index contributed by atoms with van der Waals surface area (Å²) in [6.07, 6.45) is 5.54. The van der Waals surface area contributed by atoms with E-state index in [0.29, 0.717) is 5.56 Å². The molecule has 3 aromatic rings. The molecule has 0 bridgehead atoms. The molecule has 0 aliphatic carbocycles. The van der Waals surface area contributed by atoms with Crippen LogP contribution in [0.1, 0.15) is 70.2 Å². The van der Waals surface area contributed by atoms with Crippen molar-refractivity contribution in [2.75, 3.05) is 11.4 Å². The van der Waals surface area contributed by atoms with Gasteiger partial charge in [0.05, 0.1) is 5.69 Å². The molecule has 2 aromatic heterocycles. The molecule has 0 saturated heterocycles. The Morgan fingerprint density at radius 2 is 1.69 bits per heavy atom. The number of carbonyl (C=O) groups excluding carboxylic acids is 1. The molecule has 1 aromatic carbocycles. The number of aryl methyl sites for hydroxylation is 1. The highest BCUT2D eigenvalue weighted by molar-refractivity contribution is 7.92. The quantitative estimate of drug-likeness (QED) is 0.252. The summed E-state index contributed by atoms with van der Waals surface area (Å²) in [5, 5.41) is 9.27. The lowest BCUT2D eigenvalue weighted by Gasteiger charge is -2.30. The molecule has 0 aliphatic rings. The maximum Gasteiger partial charge on any atom is 0.416 e. The van der Waals surface area contributed by atoms with Crippen LogP contribution in [0.2, 0.25) is 0 Å². The Kier molecular flexibility index (Phi) is 10.8. The third-order valence-electron chi connectivity index (χ3n) is 6.52. The summed E-state index contributed by atoms with van der Waals surface area (Å²) in [5.41, 5.74) is 7.63. The van der Waals surface area contributed by atoms with E-state index >= 15 is 0 Å². The van der Waals surface area contributed by atoms with Crippen LogP contribution in [0, 0.1) is 0 Å². The molecule has 0 saturated carbocycles. The van der Waals surface area contributed by atoms with Crippen LogP contribution < -0.4 is 10.6 Å². The molecular weight excluding hydrogens is 556 g/mol. The lowest BCUT2D eigenvalue weighted by Crippen LogP contribution is -2.48. The molecule has 1 atom stereocenters.